The molecule has 0 bridgehead atoms. The summed E-state index contributed by atoms with van der Waals surface area (Å²) in [5.74, 6) is -0.442. The molecule has 0 spiro atoms. The summed E-state index contributed by atoms with van der Waals surface area (Å²) >= 11 is 0. The van der Waals surface area contributed by atoms with Gasteiger partial charge in [0.2, 0.25) is 0 Å². The van der Waals surface area contributed by atoms with Crippen LogP contribution in [0.15, 0.2) is 23.1 Å². The second kappa shape index (κ2) is 7.32. The van der Waals surface area contributed by atoms with Crippen LogP contribution in [0.1, 0.15) is 69.1 Å². The van der Waals surface area contributed by atoms with Gasteiger partial charge in [-0.2, -0.15) is 0 Å². The van der Waals surface area contributed by atoms with Crippen LogP contribution < -0.4 is 10.2 Å². The highest BCUT2D eigenvalue weighted by molar-refractivity contribution is 5.87. The van der Waals surface area contributed by atoms with E-state index >= 15 is 0 Å². The highest BCUT2D eigenvalue weighted by Crippen LogP contribution is 2.47. The number of carboxylic acids is 1. The van der Waals surface area contributed by atoms with Gasteiger partial charge in [0.1, 0.15) is 11.3 Å². The summed E-state index contributed by atoms with van der Waals surface area (Å²) in [6.45, 7) is 13.1. The lowest BCUT2D eigenvalue weighted by molar-refractivity contribution is 0.0689. The van der Waals surface area contributed by atoms with Gasteiger partial charge in [-0.3, -0.25) is 4.79 Å². The Hall–Kier alpha value is -2.63. The molecule has 0 saturated carbocycles. The second-order valence-corrected chi connectivity index (χ2v) is 9.09. The Morgan fingerprint density at radius 2 is 2.03 bits per heavy atom. The maximum Gasteiger partial charge on any atom is 0.341 e. The van der Waals surface area contributed by atoms with Crippen LogP contribution in [0.25, 0.3) is 11.4 Å². The summed E-state index contributed by atoms with van der Waals surface area (Å²) in [6.07, 6.45) is 4.18. The van der Waals surface area contributed by atoms with Gasteiger partial charge in [0.25, 0.3) is 0 Å². The van der Waals surface area contributed by atoms with E-state index in [4.69, 9.17) is 9.72 Å². The number of carbonyl (C=O) groups is 1. The Bertz CT molecular complexity index is 1020. The molecular formula is C23H30N2O4. The normalized spacial score (nSPS) is 18.1. The molecule has 0 fully saturated rings. The summed E-state index contributed by atoms with van der Waals surface area (Å²) in [6, 6.07) is 3.45. The third-order valence-electron chi connectivity index (χ3n) is 6.21. The van der Waals surface area contributed by atoms with Crippen molar-refractivity contribution in [3.8, 4) is 17.1 Å². The van der Waals surface area contributed by atoms with Gasteiger partial charge >= 0.3 is 5.97 Å². The fourth-order valence-corrected chi connectivity index (χ4v) is 3.82. The van der Waals surface area contributed by atoms with Gasteiger partial charge in [0, 0.05) is 12.3 Å². The summed E-state index contributed by atoms with van der Waals surface area (Å²) in [5, 5.41) is 9.47. The van der Waals surface area contributed by atoms with E-state index in [0.29, 0.717) is 18.7 Å². The molecule has 1 aliphatic rings. The van der Waals surface area contributed by atoms with E-state index in [9.17, 15) is 14.7 Å². The average Bonchev–Trinajstić information content (AvgIpc) is 2.61. The van der Waals surface area contributed by atoms with Crippen LogP contribution in [0, 0.1) is 12.3 Å². The Kier molecular flexibility index (Phi) is 5.32. The number of ether oxygens (including phenoxy) is 1. The second-order valence-electron chi connectivity index (χ2n) is 9.09. The number of aryl methyl sites for hydroxylation is 1. The first-order chi connectivity index (χ1) is 13.5. The molecule has 6 nitrogen and oxygen atoms in total. The van der Waals surface area contributed by atoms with Crippen molar-refractivity contribution >= 4 is 5.97 Å². The largest absolute Gasteiger partial charge is 0.492 e. The van der Waals surface area contributed by atoms with Gasteiger partial charge in [0.15, 0.2) is 5.43 Å². The van der Waals surface area contributed by atoms with E-state index in [1.807, 2.05) is 17.6 Å². The van der Waals surface area contributed by atoms with Crippen LogP contribution in [0.2, 0.25) is 0 Å². The van der Waals surface area contributed by atoms with Crippen molar-refractivity contribution in [2.45, 2.75) is 66.3 Å². The lowest BCUT2D eigenvalue weighted by atomic mass is 9.69. The van der Waals surface area contributed by atoms with Gasteiger partial charge in [-0.05, 0) is 43.7 Å². The van der Waals surface area contributed by atoms with Crippen molar-refractivity contribution in [2.24, 2.45) is 5.41 Å². The number of rotatable bonds is 5. The van der Waals surface area contributed by atoms with Crippen LogP contribution in [0.5, 0.6) is 5.75 Å². The van der Waals surface area contributed by atoms with Gasteiger partial charge in [-0.15, -0.1) is 0 Å². The maximum atomic E-state index is 12.5. The number of nitrogens with zero attached hydrogens (tertiary/aromatic N) is 2. The first-order valence-electron chi connectivity index (χ1n) is 10.1. The van der Waals surface area contributed by atoms with E-state index in [0.717, 1.165) is 35.5 Å². The number of unbranched alkanes of at least 4 members (excludes halogenated alkanes) is 1. The van der Waals surface area contributed by atoms with Crippen LogP contribution in [-0.4, -0.2) is 27.2 Å². The smallest absolute Gasteiger partial charge is 0.341 e. The number of carboxylic acid groups (broad SMARTS) is 1. The highest BCUT2D eigenvalue weighted by Gasteiger charge is 2.44. The summed E-state index contributed by atoms with van der Waals surface area (Å²) in [7, 11) is 0. The van der Waals surface area contributed by atoms with E-state index in [1.54, 1.807) is 0 Å². The molecule has 0 radical (unpaired) electrons. The zero-order valence-electron chi connectivity index (χ0n) is 18.1. The number of aromatic carboxylic acids is 1. The molecule has 29 heavy (non-hydrogen) atoms. The van der Waals surface area contributed by atoms with Gasteiger partial charge in [0.05, 0.1) is 29.2 Å². The topological polar surface area (TPSA) is 81.4 Å². The molecule has 1 N–H and O–H groups in total. The molecular weight excluding hydrogens is 368 g/mol. The Morgan fingerprint density at radius 1 is 1.34 bits per heavy atom. The minimum Gasteiger partial charge on any atom is -0.492 e. The predicted octanol–water partition coefficient (Wildman–Crippen LogP) is 4.41. The molecule has 3 heterocycles. The fourth-order valence-electron chi connectivity index (χ4n) is 3.82. The van der Waals surface area contributed by atoms with Gasteiger partial charge < -0.3 is 14.4 Å². The first kappa shape index (κ1) is 21.1. The fraction of sp³-hybridized carbons (Fsp3) is 0.522. The molecule has 6 heteroatoms. The summed E-state index contributed by atoms with van der Waals surface area (Å²) in [4.78, 5) is 28.8. The van der Waals surface area contributed by atoms with Crippen molar-refractivity contribution in [1.29, 1.82) is 0 Å². The maximum absolute atomic E-state index is 12.5. The van der Waals surface area contributed by atoms with Crippen molar-refractivity contribution in [3.05, 3.63) is 45.4 Å². The Morgan fingerprint density at radius 3 is 2.62 bits per heavy atom. The van der Waals surface area contributed by atoms with E-state index < -0.39 is 16.9 Å². The minimum absolute atomic E-state index is 0.196. The molecule has 2 aromatic heterocycles. The number of hydrogen-bond donors (Lipinski definition) is 1. The number of aromatic nitrogens is 2. The van der Waals surface area contributed by atoms with E-state index in [2.05, 4.69) is 34.6 Å². The monoisotopic (exact) mass is 398 g/mol. The third kappa shape index (κ3) is 3.56. The lowest BCUT2D eigenvalue weighted by Crippen LogP contribution is -2.48. The molecule has 3 rings (SSSR count). The van der Waals surface area contributed by atoms with Crippen molar-refractivity contribution in [3.63, 3.8) is 0 Å². The molecule has 0 aliphatic carbocycles. The van der Waals surface area contributed by atoms with Crippen molar-refractivity contribution < 1.29 is 14.6 Å². The highest BCUT2D eigenvalue weighted by atomic mass is 16.5. The van der Waals surface area contributed by atoms with Gasteiger partial charge in [-0.25, -0.2) is 9.78 Å². The van der Waals surface area contributed by atoms with Crippen LogP contribution in [0.4, 0.5) is 0 Å². The quantitative estimate of drug-likeness (QED) is 0.754. The van der Waals surface area contributed by atoms with Gasteiger partial charge in [-0.1, -0.05) is 34.1 Å². The number of hydrogen-bond acceptors (Lipinski definition) is 4. The molecule has 156 valence electrons. The molecule has 0 amide bonds. The van der Waals surface area contributed by atoms with Crippen LogP contribution >= 0.6 is 0 Å². The molecule has 0 aromatic carbocycles. The van der Waals surface area contributed by atoms with E-state index in [1.165, 1.54) is 12.3 Å². The molecule has 2 aromatic rings. The molecule has 1 unspecified atom stereocenters. The lowest BCUT2D eigenvalue weighted by Gasteiger charge is -2.48. The van der Waals surface area contributed by atoms with Crippen LogP contribution in [0.3, 0.4) is 0 Å². The molecule has 1 aliphatic heterocycles. The molecule has 0 saturated heterocycles. The Balaban J connectivity index is 2.25. The number of fused-ring (bicyclic) bond motifs is 3. The molecule has 1 atom stereocenters. The van der Waals surface area contributed by atoms with Crippen molar-refractivity contribution in [2.75, 3.05) is 6.61 Å². The Labute approximate surface area is 171 Å². The predicted molar refractivity (Wildman–Crippen MR) is 113 cm³/mol. The SMILES string of the molecule is CCCCOc1cc2c(nc1C)-c1cc(=O)c(C(=O)O)cn1C(C)(C(C)(C)C)C2. The zero-order valence-corrected chi connectivity index (χ0v) is 18.1. The van der Waals surface area contributed by atoms with E-state index in [-0.39, 0.29) is 11.0 Å². The van der Waals surface area contributed by atoms with Crippen LogP contribution in [-0.2, 0) is 12.0 Å². The average molecular weight is 399 g/mol. The first-order valence-corrected chi connectivity index (χ1v) is 10.1. The van der Waals surface area contributed by atoms with Crippen molar-refractivity contribution in [1.82, 2.24) is 9.55 Å². The summed E-state index contributed by atoms with van der Waals surface area (Å²) in [5.41, 5.74) is 1.80. The zero-order chi connectivity index (χ0) is 21.6. The third-order valence-corrected chi connectivity index (χ3v) is 6.21. The standard InChI is InChI=1S/C23H30N2O4/c1-7-8-9-29-19-10-15-12-23(6,22(3,4)5)25-13-16(21(27)28)18(26)11-17(25)20(15)24-14(19)2/h10-11,13H,7-9,12H2,1-6H3,(H,27,28). The minimum atomic E-state index is -1.21. The number of pyridine rings is 2. The summed E-state index contributed by atoms with van der Waals surface area (Å²) < 4.78 is 7.89.